The second-order valence-electron chi connectivity index (χ2n) is 6.38. The minimum atomic E-state index is -0.348. The number of hydrogen-bond donors (Lipinski definition) is 0. The number of aromatic nitrogens is 2. The zero-order valence-corrected chi connectivity index (χ0v) is 15.2. The van der Waals surface area contributed by atoms with Gasteiger partial charge in [0.15, 0.2) is 0 Å². The smallest absolute Gasteiger partial charge is 0.337 e. The maximum absolute atomic E-state index is 12.7. The molecule has 1 saturated heterocycles. The molecule has 136 valence electrons. The topological polar surface area (TPSA) is 75.6 Å². The number of nitrogens with zero attached hydrogens (tertiary/aromatic N) is 4. The first-order chi connectivity index (χ1) is 12.5. The van der Waals surface area contributed by atoms with Crippen LogP contribution in [-0.4, -0.2) is 59.5 Å². The summed E-state index contributed by atoms with van der Waals surface area (Å²) in [5.74, 6) is -0.440. The number of ether oxygens (including phenoxy) is 1. The van der Waals surface area contributed by atoms with Crippen LogP contribution in [0.5, 0.6) is 0 Å². The van der Waals surface area contributed by atoms with Gasteiger partial charge in [-0.1, -0.05) is 0 Å². The third kappa shape index (κ3) is 3.66. The lowest BCUT2D eigenvalue weighted by molar-refractivity contribution is 0.0599. The summed E-state index contributed by atoms with van der Waals surface area (Å²) >= 11 is 0. The molecule has 1 fully saturated rings. The number of piperazine rings is 1. The van der Waals surface area contributed by atoms with Gasteiger partial charge in [-0.3, -0.25) is 9.78 Å². The molecule has 1 aliphatic heterocycles. The second-order valence-corrected chi connectivity index (χ2v) is 6.38. The number of hydrogen-bond acceptors (Lipinski definition) is 6. The number of esters is 1. The van der Waals surface area contributed by atoms with Crippen molar-refractivity contribution in [1.82, 2.24) is 14.9 Å². The first-order valence-corrected chi connectivity index (χ1v) is 8.52. The molecule has 0 spiro atoms. The summed E-state index contributed by atoms with van der Waals surface area (Å²) in [6.45, 7) is 5.90. The van der Waals surface area contributed by atoms with E-state index in [0.29, 0.717) is 30.9 Å². The van der Waals surface area contributed by atoms with Crippen molar-refractivity contribution < 1.29 is 14.3 Å². The van der Waals surface area contributed by atoms with E-state index in [9.17, 15) is 9.59 Å². The normalized spacial score (nSPS) is 17.1. The fourth-order valence-electron chi connectivity index (χ4n) is 3.07. The highest BCUT2D eigenvalue weighted by Crippen LogP contribution is 2.21. The third-order valence-electron chi connectivity index (χ3n) is 4.54. The number of methoxy groups -OCH3 is 1. The molecule has 0 aliphatic carbocycles. The molecule has 0 radical (unpaired) electrons. The van der Waals surface area contributed by atoms with E-state index in [1.807, 2.05) is 30.9 Å². The summed E-state index contributed by atoms with van der Waals surface area (Å²) < 4.78 is 4.72. The number of rotatable bonds is 3. The van der Waals surface area contributed by atoms with Gasteiger partial charge in [0.25, 0.3) is 5.91 Å². The van der Waals surface area contributed by atoms with Gasteiger partial charge >= 0.3 is 5.97 Å². The Morgan fingerprint density at radius 2 is 1.85 bits per heavy atom. The van der Waals surface area contributed by atoms with E-state index in [0.717, 1.165) is 11.4 Å². The summed E-state index contributed by atoms with van der Waals surface area (Å²) in [6.07, 6.45) is 3.14. The highest BCUT2D eigenvalue weighted by Gasteiger charge is 2.29. The standard InChI is InChI=1S/C19H22N4O3/c1-13-10-21-17(11-20-13)18(24)23-9-8-22(12-14(23)2)16-6-4-15(5-7-16)19(25)26-3/h4-7,10-11,14H,8-9,12H2,1-3H3/t14-/m1/s1. The third-order valence-corrected chi connectivity index (χ3v) is 4.54. The zero-order chi connectivity index (χ0) is 18.7. The summed E-state index contributed by atoms with van der Waals surface area (Å²) in [4.78, 5) is 36.6. The van der Waals surface area contributed by atoms with Gasteiger partial charge < -0.3 is 14.5 Å². The molecule has 0 unspecified atom stereocenters. The quantitative estimate of drug-likeness (QED) is 0.784. The van der Waals surface area contributed by atoms with Crippen molar-refractivity contribution in [3.63, 3.8) is 0 Å². The van der Waals surface area contributed by atoms with Crippen molar-refractivity contribution in [1.29, 1.82) is 0 Å². The van der Waals surface area contributed by atoms with E-state index in [4.69, 9.17) is 4.74 Å². The Hall–Kier alpha value is -2.96. The predicted octanol–water partition coefficient (Wildman–Crippen LogP) is 1.92. The molecule has 1 aromatic heterocycles. The molecular weight excluding hydrogens is 332 g/mol. The summed E-state index contributed by atoms with van der Waals surface area (Å²) in [5, 5.41) is 0. The molecule has 0 bridgehead atoms. The van der Waals surface area contributed by atoms with Crippen molar-refractivity contribution in [2.24, 2.45) is 0 Å². The van der Waals surface area contributed by atoms with E-state index in [-0.39, 0.29) is 17.9 Å². The van der Waals surface area contributed by atoms with Gasteiger partial charge in [0, 0.05) is 37.6 Å². The van der Waals surface area contributed by atoms with Crippen molar-refractivity contribution in [2.45, 2.75) is 19.9 Å². The minimum absolute atomic E-state index is 0.0413. The Morgan fingerprint density at radius 1 is 1.12 bits per heavy atom. The van der Waals surface area contributed by atoms with Crippen LogP contribution in [0.3, 0.4) is 0 Å². The number of carbonyl (C=O) groups is 2. The molecule has 3 rings (SSSR count). The lowest BCUT2D eigenvalue weighted by Gasteiger charge is -2.40. The molecule has 0 saturated carbocycles. The fraction of sp³-hybridized carbons (Fsp3) is 0.368. The maximum atomic E-state index is 12.7. The molecule has 0 N–H and O–H groups in total. The second kappa shape index (κ2) is 7.51. The monoisotopic (exact) mass is 354 g/mol. The van der Waals surface area contributed by atoms with Crippen LogP contribution in [-0.2, 0) is 4.74 Å². The van der Waals surface area contributed by atoms with E-state index in [2.05, 4.69) is 14.9 Å². The summed E-state index contributed by atoms with van der Waals surface area (Å²) in [5.41, 5.74) is 2.70. The largest absolute Gasteiger partial charge is 0.465 e. The van der Waals surface area contributed by atoms with Crippen LogP contribution >= 0.6 is 0 Å². The number of amides is 1. The zero-order valence-electron chi connectivity index (χ0n) is 15.2. The Bertz CT molecular complexity index is 789. The average molecular weight is 354 g/mol. The number of anilines is 1. The van der Waals surface area contributed by atoms with Crippen LogP contribution in [0.25, 0.3) is 0 Å². The van der Waals surface area contributed by atoms with Crippen molar-refractivity contribution in [3.05, 3.63) is 53.6 Å². The lowest BCUT2D eigenvalue weighted by atomic mass is 10.1. The summed E-state index contributed by atoms with van der Waals surface area (Å²) in [6, 6.07) is 7.36. The van der Waals surface area contributed by atoms with Gasteiger partial charge in [-0.05, 0) is 38.1 Å². The van der Waals surface area contributed by atoms with Gasteiger partial charge in [-0.25, -0.2) is 9.78 Å². The van der Waals surface area contributed by atoms with Gasteiger partial charge in [0.1, 0.15) is 5.69 Å². The lowest BCUT2D eigenvalue weighted by Crippen LogP contribution is -2.54. The number of benzene rings is 1. The SMILES string of the molecule is COC(=O)c1ccc(N2CCN(C(=O)c3cnc(C)cn3)[C@H](C)C2)cc1. The van der Waals surface area contributed by atoms with Gasteiger partial charge in [0.2, 0.25) is 0 Å². The van der Waals surface area contributed by atoms with Crippen LogP contribution in [0.2, 0.25) is 0 Å². The summed E-state index contributed by atoms with van der Waals surface area (Å²) in [7, 11) is 1.37. The molecule has 7 heteroatoms. The molecule has 2 heterocycles. The highest BCUT2D eigenvalue weighted by atomic mass is 16.5. The van der Waals surface area contributed by atoms with Crippen molar-refractivity contribution in [3.8, 4) is 0 Å². The van der Waals surface area contributed by atoms with Crippen molar-refractivity contribution >= 4 is 17.6 Å². The Balaban J connectivity index is 1.67. The molecule has 1 amide bonds. The molecule has 1 aliphatic rings. The van der Waals surface area contributed by atoms with Crippen molar-refractivity contribution in [2.75, 3.05) is 31.6 Å². The average Bonchev–Trinajstić information content (AvgIpc) is 2.67. The van der Waals surface area contributed by atoms with E-state index in [1.165, 1.54) is 13.3 Å². The first kappa shape index (κ1) is 17.8. The molecular formula is C19H22N4O3. The minimum Gasteiger partial charge on any atom is -0.465 e. The predicted molar refractivity (Wildman–Crippen MR) is 97.3 cm³/mol. The van der Waals surface area contributed by atoms with Crippen LogP contribution in [0, 0.1) is 6.92 Å². The van der Waals surface area contributed by atoms with Gasteiger partial charge in [-0.2, -0.15) is 0 Å². The molecule has 7 nitrogen and oxygen atoms in total. The maximum Gasteiger partial charge on any atom is 0.337 e. The number of aryl methyl sites for hydroxylation is 1. The molecule has 1 aromatic carbocycles. The van der Waals surface area contributed by atoms with Crippen LogP contribution in [0.15, 0.2) is 36.7 Å². The highest BCUT2D eigenvalue weighted by molar-refractivity contribution is 5.92. The molecule has 2 aromatic rings. The first-order valence-electron chi connectivity index (χ1n) is 8.52. The molecule has 26 heavy (non-hydrogen) atoms. The Morgan fingerprint density at radius 3 is 2.42 bits per heavy atom. The van der Waals surface area contributed by atoms with E-state index >= 15 is 0 Å². The van der Waals surface area contributed by atoms with Crippen LogP contribution in [0.1, 0.15) is 33.5 Å². The van der Waals surface area contributed by atoms with Crippen LogP contribution < -0.4 is 4.90 Å². The Kier molecular flexibility index (Phi) is 5.16. The van der Waals surface area contributed by atoms with Crippen LogP contribution in [0.4, 0.5) is 5.69 Å². The number of carbonyl (C=O) groups excluding carboxylic acids is 2. The Labute approximate surface area is 152 Å². The molecule has 1 atom stereocenters. The van der Waals surface area contributed by atoms with E-state index in [1.54, 1.807) is 18.3 Å². The van der Waals surface area contributed by atoms with Gasteiger partial charge in [-0.15, -0.1) is 0 Å². The van der Waals surface area contributed by atoms with Gasteiger partial charge in [0.05, 0.1) is 24.6 Å². The fourth-order valence-corrected chi connectivity index (χ4v) is 3.07. The van der Waals surface area contributed by atoms with E-state index < -0.39 is 0 Å².